The number of nitrogens with zero attached hydrogens (tertiary/aromatic N) is 1. The van der Waals surface area contributed by atoms with Gasteiger partial charge < -0.3 is 9.47 Å². The average Bonchev–Trinajstić information content (AvgIpc) is 2.73. The van der Waals surface area contributed by atoms with Gasteiger partial charge in [0.2, 0.25) is 5.88 Å². The minimum absolute atomic E-state index is 0.690. The third-order valence-corrected chi connectivity index (χ3v) is 5.53. The molecular weight excluding hydrogens is 334 g/mol. The second kappa shape index (κ2) is 10.3. The van der Waals surface area contributed by atoms with Gasteiger partial charge in [0.15, 0.2) is 0 Å². The lowest BCUT2D eigenvalue weighted by Crippen LogP contribution is -2.20. The Balaban J connectivity index is 1.47. The number of ether oxygens (including phenoxy) is 2. The van der Waals surface area contributed by atoms with Crippen LogP contribution in [-0.2, 0) is 0 Å². The summed E-state index contributed by atoms with van der Waals surface area (Å²) in [5, 5.41) is 0. The van der Waals surface area contributed by atoms with E-state index in [9.17, 15) is 0 Å². The molecular formula is C24H33NO2. The van der Waals surface area contributed by atoms with Crippen molar-refractivity contribution in [3.63, 3.8) is 0 Å². The van der Waals surface area contributed by atoms with E-state index in [0.717, 1.165) is 48.3 Å². The van der Waals surface area contributed by atoms with Crippen LogP contribution in [0, 0.1) is 11.8 Å². The molecule has 1 aliphatic rings. The van der Waals surface area contributed by atoms with Crippen LogP contribution in [0.25, 0.3) is 11.1 Å². The smallest absolute Gasteiger partial charge is 0.213 e. The summed E-state index contributed by atoms with van der Waals surface area (Å²) < 4.78 is 11.6. The summed E-state index contributed by atoms with van der Waals surface area (Å²) in [5.74, 6) is 3.29. The SMILES string of the molecule is CCCOc1ccc(-c2ccc(OCC3CCC(CCC)CC3)nc2)cc1. The second-order valence-electron chi connectivity index (χ2n) is 7.74. The van der Waals surface area contributed by atoms with Crippen LogP contribution < -0.4 is 9.47 Å². The summed E-state index contributed by atoms with van der Waals surface area (Å²) in [6, 6.07) is 12.3. The van der Waals surface area contributed by atoms with Crippen LogP contribution in [0.15, 0.2) is 42.6 Å². The van der Waals surface area contributed by atoms with E-state index in [1.165, 1.54) is 38.5 Å². The van der Waals surface area contributed by atoms with Crippen LogP contribution in [0.5, 0.6) is 11.6 Å². The van der Waals surface area contributed by atoms with Crippen molar-refractivity contribution in [1.82, 2.24) is 4.98 Å². The van der Waals surface area contributed by atoms with Gasteiger partial charge in [-0.05, 0) is 54.9 Å². The molecule has 27 heavy (non-hydrogen) atoms. The molecule has 0 unspecified atom stereocenters. The quantitative estimate of drug-likeness (QED) is 0.505. The van der Waals surface area contributed by atoms with Crippen molar-refractivity contribution in [2.45, 2.75) is 58.8 Å². The minimum atomic E-state index is 0.690. The number of hydrogen-bond acceptors (Lipinski definition) is 3. The van der Waals surface area contributed by atoms with E-state index in [1.807, 2.05) is 24.4 Å². The van der Waals surface area contributed by atoms with E-state index in [-0.39, 0.29) is 0 Å². The van der Waals surface area contributed by atoms with Gasteiger partial charge in [-0.15, -0.1) is 0 Å². The van der Waals surface area contributed by atoms with Gasteiger partial charge in [0, 0.05) is 17.8 Å². The van der Waals surface area contributed by atoms with E-state index in [4.69, 9.17) is 9.47 Å². The third kappa shape index (κ3) is 5.98. The maximum absolute atomic E-state index is 5.96. The first-order chi connectivity index (χ1) is 13.3. The van der Waals surface area contributed by atoms with Crippen molar-refractivity contribution in [3.8, 4) is 22.8 Å². The Kier molecular flexibility index (Phi) is 7.55. The Labute approximate surface area is 164 Å². The molecule has 0 atom stereocenters. The molecule has 3 heteroatoms. The minimum Gasteiger partial charge on any atom is -0.494 e. The summed E-state index contributed by atoms with van der Waals surface area (Å²) in [6.45, 7) is 5.96. The molecule has 1 fully saturated rings. The molecule has 1 aromatic heterocycles. The van der Waals surface area contributed by atoms with Gasteiger partial charge in [-0.2, -0.15) is 0 Å². The normalized spacial score (nSPS) is 19.6. The molecule has 0 bridgehead atoms. The lowest BCUT2D eigenvalue weighted by molar-refractivity contribution is 0.174. The van der Waals surface area contributed by atoms with Crippen LogP contribution in [0.2, 0.25) is 0 Å². The Morgan fingerprint density at radius 3 is 2.15 bits per heavy atom. The fraction of sp³-hybridized carbons (Fsp3) is 0.542. The number of hydrogen-bond donors (Lipinski definition) is 0. The molecule has 146 valence electrons. The summed E-state index contributed by atoms with van der Waals surface area (Å²) in [5.41, 5.74) is 2.25. The highest BCUT2D eigenvalue weighted by Gasteiger charge is 2.21. The highest BCUT2D eigenvalue weighted by atomic mass is 16.5. The summed E-state index contributed by atoms with van der Waals surface area (Å²) >= 11 is 0. The molecule has 0 saturated heterocycles. The fourth-order valence-electron chi connectivity index (χ4n) is 3.90. The zero-order valence-corrected chi connectivity index (χ0v) is 16.8. The van der Waals surface area contributed by atoms with Crippen LogP contribution in [0.3, 0.4) is 0 Å². The van der Waals surface area contributed by atoms with Crippen molar-refractivity contribution in [2.75, 3.05) is 13.2 Å². The number of pyridine rings is 1. The van der Waals surface area contributed by atoms with Gasteiger partial charge in [0.1, 0.15) is 5.75 Å². The van der Waals surface area contributed by atoms with Crippen molar-refractivity contribution < 1.29 is 9.47 Å². The zero-order valence-electron chi connectivity index (χ0n) is 16.8. The Hall–Kier alpha value is -2.03. The molecule has 0 N–H and O–H groups in total. The van der Waals surface area contributed by atoms with Crippen LogP contribution in [0.1, 0.15) is 58.8 Å². The summed E-state index contributed by atoms with van der Waals surface area (Å²) in [6.07, 6.45) is 11.0. The van der Waals surface area contributed by atoms with Gasteiger partial charge in [-0.3, -0.25) is 0 Å². The van der Waals surface area contributed by atoms with Gasteiger partial charge in [-0.1, -0.05) is 51.7 Å². The first kappa shape index (κ1) is 19.7. The van der Waals surface area contributed by atoms with Crippen LogP contribution >= 0.6 is 0 Å². The molecule has 1 heterocycles. The van der Waals surface area contributed by atoms with E-state index in [0.29, 0.717) is 5.92 Å². The first-order valence-corrected chi connectivity index (χ1v) is 10.6. The van der Waals surface area contributed by atoms with E-state index in [1.54, 1.807) is 0 Å². The number of aromatic nitrogens is 1. The highest BCUT2D eigenvalue weighted by molar-refractivity contribution is 5.63. The maximum Gasteiger partial charge on any atom is 0.213 e. The van der Waals surface area contributed by atoms with Gasteiger partial charge in [-0.25, -0.2) is 4.98 Å². The second-order valence-corrected chi connectivity index (χ2v) is 7.74. The lowest BCUT2D eigenvalue weighted by atomic mass is 9.80. The molecule has 3 rings (SSSR count). The first-order valence-electron chi connectivity index (χ1n) is 10.6. The summed E-state index contributed by atoms with van der Waals surface area (Å²) in [7, 11) is 0. The molecule has 1 saturated carbocycles. The topological polar surface area (TPSA) is 31.4 Å². The molecule has 0 radical (unpaired) electrons. The van der Waals surface area contributed by atoms with Crippen molar-refractivity contribution in [2.24, 2.45) is 11.8 Å². The average molecular weight is 368 g/mol. The van der Waals surface area contributed by atoms with E-state index < -0.39 is 0 Å². The van der Waals surface area contributed by atoms with Gasteiger partial charge >= 0.3 is 0 Å². The van der Waals surface area contributed by atoms with Gasteiger partial charge in [0.05, 0.1) is 13.2 Å². The monoisotopic (exact) mass is 367 g/mol. The Bertz CT molecular complexity index is 658. The standard InChI is InChI=1S/C24H33NO2/c1-3-5-19-6-8-20(9-7-19)18-27-24-15-12-22(17-25-24)21-10-13-23(14-11-21)26-16-4-2/h10-15,17,19-20H,3-9,16,18H2,1-2H3. The molecule has 2 aromatic rings. The zero-order chi connectivity index (χ0) is 18.9. The Morgan fingerprint density at radius 2 is 1.52 bits per heavy atom. The molecule has 0 aliphatic heterocycles. The molecule has 0 amide bonds. The van der Waals surface area contributed by atoms with Gasteiger partial charge in [0.25, 0.3) is 0 Å². The van der Waals surface area contributed by atoms with E-state index >= 15 is 0 Å². The molecule has 1 aromatic carbocycles. The summed E-state index contributed by atoms with van der Waals surface area (Å²) in [4.78, 5) is 4.50. The number of benzene rings is 1. The lowest BCUT2D eigenvalue weighted by Gasteiger charge is -2.28. The predicted molar refractivity (Wildman–Crippen MR) is 111 cm³/mol. The van der Waals surface area contributed by atoms with Crippen molar-refractivity contribution in [1.29, 1.82) is 0 Å². The largest absolute Gasteiger partial charge is 0.494 e. The van der Waals surface area contributed by atoms with Crippen LogP contribution in [0.4, 0.5) is 0 Å². The molecule has 3 nitrogen and oxygen atoms in total. The van der Waals surface area contributed by atoms with E-state index in [2.05, 4.69) is 37.0 Å². The molecule has 0 spiro atoms. The Morgan fingerprint density at radius 1 is 0.815 bits per heavy atom. The number of rotatable bonds is 9. The van der Waals surface area contributed by atoms with Crippen LogP contribution in [-0.4, -0.2) is 18.2 Å². The highest BCUT2D eigenvalue weighted by Crippen LogP contribution is 2.32. The van der Waals surface area contributed by atoms with Crippen molar-refractivity contribution >= 4 is 0 Å². The predicted octanol–water partition coefficient (Wildman–Crippen LogP) is 6.52. The third-order valence-electron chi connectivity index (χ3n) is 5.53. The van der Waals surface area contributed by atoms with Crippen molar-refractivity contribution in [3.05, 3.63) is 42.6 Å². The fourth-order valence-corrected chi connectivity index (χ4v) is 3.90. The maximum atomic E-state index is 5.96. The molecule has 1 aliphatic carbocycles.